The molecule has 3 rings (SSSR count). The third-order valence-electron chi connectivity index (χ3n) is 4.86. The van der Waals surface area contributed by atoms with Gasteiger partial charge in [0.25, 0.3) is 0 Å². The van der Waals surface area contributed by atoms with E-state index in [0.29, 0.717) is 0 Å². The highest BCUT2D eigenvalue weighted by molar-refractivity contribution is 6.29. The maximum Gasteiger partial charge on any atom is 0.416 e. The Morgan fingerprint density at radius 2 is 1.76 bits per heavy atom. The molecule has 0 atom stereocenters. The molecule has 0 aliphatic rings. The van der Waals surface area contributed by atoms with Crippen LogP contribution >= 0.6 is 11.6 Å². The average Bonchev–Trinajstić information content (AvgIpc) is 3.15. The van der Waals surface area contributed by atoms with Gasteiger partial charge in [0.1, 0.15) is 5.69 Å². The topological polar surface area (TPSA) is 88.2 Å². The van der Waals surface area contributed by atoms with E-state index >= 15 is 0 Å². The Kier molecular flexibility index (Phi) is 7.18. The molecule has 8 nitrogen and oxygen atoms in total. The Bertz CT molecular complexity index is 1280. The summed E-state index contributed by atoms with van der Waals surface area (Å²) in [5.41, 5.74) is -1.27. The van der Waals surface area contributed by atoms with Gasteiger partial charge in [-0.2, -0.15) is 28.1 Å². The number of alkyl halides is 3. The quantitative estimate of drug-likeness (QED) is 0.468. The van der Waals surface area contributed by atoms with Crippen LogP contribution in [0.15, 0.2) is 29.2 Å². The van der Waals surface area contributed by atoms with Crippen molar-refractivity contribution < 1.29 is 27.4 Å². The van der Waals surface area contributed by atoms with E-state index in [1.807, 2.05) is 0 Å². The SMILES string of the molecule is COCc1nn(-c2c(C)cc(C(F)(F)F)cc2C)c(=O)c(-n2ccc(Cl)n2)c1OC(=O)C(C)C. The Balaban J connectivity index is 2.38. The summed E-state index contributed by atoms with van der Waals surface area (Å²) in [6.45, 7) is 5.96. The number of aromatic nitrogens is 4. The molecule has 0 N–H and O–H groups in total. The summed E-state index contributed by atoms with van der Waals surface area (Å²) < 4.78 is 52.6. The molecule has 0 fully saturated rings. The van der Waals surface area contributed by atoms with E-state index in [1.54, 1.807) is 13.8 Å². The molecule has 0 aliphatic heterocycles. The van der Waals surface area contributed by atoms with Crippen LogP contribution < -0.4 is 10.3 Å². The van der Waals surface area contributed by atoms with Crippen LogP contribution in [0.2, 0.25) is 5.15 Å². The molecule has 0 saturated carbocycles. The molecule has 0 unspecified atom stereocenters. The van der Waals surface area contributed by atoms with E-state index in [2.05, 4.69) is 10.2 Å². The monoisotopic (exact) mass is 498 g/mol. The van der Waals surface area contributed by atoms with E-state index in [0.717, 1.165) is 21.5 Å². The van der Waals surface area contributed by atoms with Crippen molar-refractivity contribution >= 4 is 17.6 Å². The number of nitrogens with zero attached hydrogens (tertiary/aromatic N) is 4. The third kappa shape index (κ3) is 5.00. The van der Waals surface area contributed by atoms with Crippen LogP contribution in [0.5, 0.6) is 5.75 Å². The standard InChI is InChI=1S/C22H22ClF3N4O4/c1-11(2)21(32)34-19-15(10-33-5)27-30(20(31)18(19)29-7-6-16(23)28-29)17-12(3)8-14(9-13(17)4)22(24,25)26/h6-9,11H,10H2,1-5H3. The molecule has 2 heterocycles. The van der Waals surface area contributed by atoms with Gasteiger partial charge in [-0.25, -0.2) is 4.68 Å². The number of hydrogen-bond donors (Lipinski definition) is 0. The summed E-state index contributed by atoms with van der Waals surface area (Å²) in [6, 6.07) is 3.29. The molecule has 0 aliphatic carbocycles. The summed E-state index contributed by atoms with van der Waals surface area (Å²) >= 11 is 5.94. The van der Waals surface area contributed by atoms with Crippen LogP contribution in [0.1, 0.15) is 36.2 Å². The Morgan fingerprint density at radius 1 is 1.15 bits per heavy atom. The number of hydrogen-bond acceptors (Lipinski definition) is 6. The Morgan fingerprint density at radius 3 is 2.24 bits per heavy atom. The van der Waals surface area contributed by atoms with E-state index in [-0.39, 0.29) is 45.7 Å². The fraction of sp³-hybridized carbons (Fsp3) is 0.364. The Labute approximate surface area is 197 Å². The van der Waals surface area contributed by atoms with Gasteiger partial charge in [-0.1, -0.05) is 25.4 Å². The van der Waals surface area contributed by atoms with Gasteiger partial charge in [0.2, 0.25) is 0 Å². The maximum absolute atomic E-state index is 13.6. The minimum absolute atomic E-state index is 0.0661. The van der Waals surface area contributed by atoms with Crippen molar-refractivity contribution in [2.45, 2.75) is 40.5 Å². The first-order chi connectivity index (χ1) is 15.8. The van der Waals surface area contributed by atoms with Gasteiger partial charge in [0, 0.05) is 13.3 Å². The van der Waals surface area contributed by atoms with Crippen LogP contribution in [-0.4, -0.2) is 32.6 Å². The number of esters is 1. The van der Waals surface area contributed by atoms with Crippen LogP contribution in [0, 0.1) is 19.8 Å². The molecule has 0 amide bonds. The second kappa shape index (κ2) is 9.59. The zero-order valence-electron chi connectivity index (χ0n) is 19.0. The number of carbonyl (C=O) groups is 1. The van der Waals surface area contributed by atoms with Crippen molar-refractivity contribution in [2.24, 2.45) is 5.92 Å². The molecule has 0 radical (unpaired) electrons. The van der Waals surface area contributed by atoms with Crippen LogP contribution in [0.4, 0.5) is 13.2 Å². The molecule has 182 valence electrons. The summed E-state index contributed by atoms with van der Waals surface area (Å²) in [7, 11) is 1.38. The lowest BCUT2D eigenvalue weighted by atomic mass is 10.0. The number of aryl methyl sites for hydroxylation is 2. The first-order valence-corrected chi connectivity index (χ1v) is 10.5. The molecule has 34 heavy (non-hydrogen) atoms. The summed E-state index contributed by atoms with van der Waals surface area (Å²) in [5.74, 6) is -1.33. The molecule has 12 heteroatoms. The molecular formula is C22H22ClF3N4O4. The zero-order valence-corrected chi connectivity index (χ0v) is 19.8. The van der Waals surface area contributed by atoms with E-state index < -0.39 is 29.2 Å². The average molecular weight is 499 g/mol. The number of ether oxygens (including phenoxy) is 2. The van der Waals surface area contributed by atoms with Crippen molar-refractivity contribution in [1.82, 2.24) is 19.6 Å². The highest BCUT2D eigenvalue weighted by Crippen LogP contribution is 2.33. The molecule has 2 aromatic heterocycles. The van der Waals surface area contributed by atoms with Crippen LogP contribution in [0.25, 0.3) is 11.4 Å². The third-order valence-corrected chi connectivity index (χ3v) is 5.07. The van der Waals surface area contributed by atoms with Gasteiger partial charge < -0.3 is 9.47 Å². The first kappa shape index (κ1) is 25.4. The maximum atomic E-state index is 13.6. The molecular weight excluding hydrogens is 477 g/mol. The second-order valence-electron chi connectivity index (χ2n) is 7.89. The van der Waals surface area contributed by atoms with Crippen molar-refractivity contribution in [1.29, 1.82) is 0 Å². The van der Waals surface area contributed by atoms with Gasteiger partial charge in [-0.15, -0.1) is 0 Å². The number of carbonyl (C=O) groups excluding carboxylic acids is 1. The van der Waals surface area contributed by atoms with Gasteiger partial charge in [-0.05, 0) is 43.2 Å². The minimum atomic E-state index is -4.56. The molecule has 0 bridgehead atoms. The van der Waals surface area contributed by atoms with E-state index in [9.17, 15) is 22.8 Å². The molecule has 0 spiro atoms. The second-order valence-corrected chi connectivity index (χ2v) is 8.28. The predicted molar refractivity (Wildman–Crippen MR) is 118 cm³/mol. The minimum Gasteiger partial charge on any atom is -0.422 e. The van der Waals surface area contributed by atoms with Crippen molar-refractivity contribution in [2.75, 3.05) is 7.11 Å². The lowest BCUT2D eigenvalue weighted by Crippen LogP contribution is -2.31. The van der Waals surface area contributed by atoms with Gasteiger partial charge >= 0.3 is 17.7 Å². The van der Waals surface area contributed by atoms with E-state index in [4.69, 9.17) is 21.1 Å². The van der Waals surface area contributed by atoms with Gasteiger partial charge in [0.05, 0.1) is 23.8 Å². The zero-order chi connectivity index (χ0) is 25.4. The lowest BCUT2D eigenvalue weighted by molar-refractivity contribution is -0.138. The Hall–Kier alpha value is -3.18. The summed E-state index contributed by atoms with van der Waals surface area (Å²) in [4.78, 5) is 26.0. The summed E-state index contributed by atoms with van der Waals surface area (Å²) in [6.07, 6.45) is -3.17. The molecule has 3 aromatic rings. The van der Waals surface area contributed by atoms with Gasteiger partial charge in [-0.3, -0.25) is 9.59 Å². The van der Waals surface area contributed by atoms with Crippen LogP contribution in [-0.2, 0) is 22.3 Å². The predicted octanol–water partition coefficient (Wildman–Crippen LogP) is 4.42. The highest BCUT2D eigenvalue weighted by Gasteiger charge is 2.32. The number of rotatable bonds is 6. The van der Waals surface area contributed by atoms with E-state index in [1.165, 1.54) is 33.2 Å². The number of benzene rings is 1. The van der Waals surface area contributed by atoms with Crippen molar-refractivity contribution in [3.63, 3.8) is 0 Å². The van der Waals surface area contributed by atoms with Crippen molar-refractivity contribution in [3.05, 3.63) is 62.3 Å². The van der Waals surface area contributed by atoms with Crippen LogP contribution in [0.3, 0.4) is 0 Å². The van der Waals surface area contributed by atoms with Gasteiger partial charge in [0.15, 0.2) is 16.6 Å². The normalized spacial score (nSPS) is 11.8. The number of methoxy groups -OCH3 is 1. The first-order valence-electron chi connectivity index (χ1n) is 10.1. The summed E-state index contributed by atoms with van der Waals surface area (Å²) in [5, 5.41) is 8.41. The number of halogens is 4. The fourth-order valence-corrected chi connectivity index (χ4v) is 3.47. The molecule has 0 saturated heterocycles. The largest absolute Gasteiger partial charge is 0.422 e. The lowest BCUT2D eigenvalue weighted by Gasteiger charge is -2.19. The smallest absolute Gasteiger partial charge is 0.416 e. The fourth-order valence-electron chi connectivity index (χ4n) is 3.34. The van der Waals surface area contributed by atoms with Crippen molar-refractivity contribution in [3.8, 4) is 17.1 Å². The highest BCUT2D eigenvalue weighted by atomic mass is 35.5. The molecule has 1 aromatic carbocycles.